The van der Waals surface area contributed by atoms with Crippen LogP contribution in [0.1, 0.15) is 13.3 Å². The van der Waals surface area contributed by atoms with Gasteiger partial charge in [0.2, 0.25) is 0 Å². The summed E-state index contributed by atoms with van der Waals surface area (Å²) in [4.78, 5) is 0. The zero-order valence-corrected chi connectivity index (χ0v) is 9.49. The molecule has 0 fully saturated rings. The molecule has 63 valence electrons. The first-order valence-electron chi connectivity index (χ1n) is 3.08. The van der Waals surface area contributed by atoms with Gasteiger partial charge in [-0.25, -0.2) is 0 Å². The molecule has 0 amide bonds. The normalized spacial score (nSPS) is 13.8. The fourth-order valence-corrected chi connectivity index (χ4v) is 1.20. The number of ether oxygens (including phenoxy) is 1. The molecule has 1 aliphatic rings. The molecule has 4 heteroatoms. The molecule has 0 aromatic carbocycles. The zero-order valence-electron chi connectivity index (χ0n) is 6.29. The molecule has 0 bridgehead atoms. The molecular formula is C7H11Cl2OTi. The van der Waals surface area contributed by atoms with Gasteiger partial charge in [0, 0.05) is 0 Å². The summed E-state index contributed by atoms with van der Waals surface area (Å²) < 4.78 is 6.65. The van der Waals surface area contributed by atoms with Crippen LogP contribution in [0.2, 0.25) is 0 Å². The molecule has 0 radical (unpaired) electrons. The Morgan fingerprint density at radius 3 is 2.55 bits per heavy atom. The Balaban J connectivity index is 0. The smallest absolute Gasteiger partial charge is 0.147 e. The maximum absolute atomic E-state index is 5.31. The largest absolute Gasteiger partial charge is 0.147 e. The van der Waals surface area contributed by atoms with Crippen LogP contribution in [0, 0.1) is 0 Å². The van der Waals surface area contributed by atoms with Crippen molar-refractivity contribution < 1.29 is 25.2 Å². The summed E-state index contributed by atoms with van der Waals surface area (Å²) in [7, 11) is 0. The minimum atomic E-state index is 0. The maximum Gasteiger partial charge on any atom is -0.147 e. The topological polar surface area (TPSA) is 9.23 Å². The van der Waals surface area contributed by atoms with Gasteiger partial charge in [0.15, 0.2) is 0 Å². The summed E-state index contributed by atoms with van der Waals surface area (Å²) in [6.07, 6.45) is 5.23. The Kier molecular flexibility index (Phi) is 9.29. The van der Waals surface area contributed by atoms with Crippen LogP contribution < -0.4 is 0 Å². The van der Waals surface area contributed by atoms with E-state index >= 15 is 0 Å². The van der Waals surface area contributed by atoms with E-state index in [1.807, 2.05) is 13.0 Å². The van der Waals surface area contributed by atoms with E-state index in [4.69, 9.17) is 4.74 Å². The SMILES string of the molecule is CCOC1=[C]([Ti])CC=C1.Cl.Cl. The summed E-state index contributed by atoms with van der Waals surface area (Å²) in [5.74, 6) is 1.07. The third-order valence-electron chi connectivity index (χ3n) is 1.19. The van der Waals surface area contributed by atoms with Crippen molar-refractivity contribution in [1.29, 1.82) is 0 Å². The van der Waals surface area contributed by atoms with Gasteiger partial charge in [0.25, 0.3) is 0 Å². The minimum Gasteiger partial charge on any atom is -0.147 e. The molecule has 1 nitrogen and oxygen atoms in total. The van der Waals surface area contributed by atoms with E-state index < -0.39 is 0 Å². The van der Waals surface area contributed by atoms with Crippen molar-refractivity contribution in [2.75, 3.05) is 6.61 Å². The molecule has 0 aromatic rings. The molecule has 0 aliphatic heterocycles. The average Bonchev–Trinajstić information content (AvgIpc) is 2.18. The third kappa shape index (κ3) is 4.22. The van der Waals surface area contributed by atoms with Crippen molar-refractivity contribution in [2.45, 2.75) is 13.3 Å². The second-order valence-electron chi connectivity index (χ2n) is 1.88. The van der Waals surface area contributed by atoms with E-state index in [0.717, 1.165) is 18.8 Å². The van der Waals surface area contributed by atoms with Gasteiger partial charge >= 0.3 is 66.9 Å². The first-order chi connectivity index (χ1) is 4.34. The van der Waals surface area contributed by atoms with Crippen molar-refractivity contribution in [1.82, 2.24) is 0 Å². The van der Waals surface area contributed by atoms with Gasteiger partial charge in [-0.3, -0.25) is 0 Å². The molecule has 0 aromatic heterocycles. The van der Waals surface area contributed by atoms with E-state index in [0.29, 0.717) is 0 Å². The quantitative estimate of drug-likeness (QED) is 0.662. The summed E-state index contributed by atoms with van der Waals surface area (Å²) in [6.45, 7) is 2.78. The first-order valence-corrected chi connectivity index (χ1v) is 3.86. The van der Waals surface area contributed by atoms with Gasteiger partial charge in [-0.15, -0.1) is 24.8 Å². The first kappa shape index (κ1) is 14.1. The summed E-state index contributed by atoms with van der Waals surface area (Å²) >= 11 is 2.10. The summed E-state index contributed by atoms with van der Waals surface area (Å²) in [5.41, 5.74) is 0. The van der Waals surface area contributed by atoms with Crippen LogP contribution in [0.4, 0.5) is 0 Å². The maximum atomic E-state index is 5.31. The molecule has 1 aliphatic carbocycles. The van der Waals surface area contributed by atoms with Crippen molar-refractivity contribution in [3.63, 3.8) is 0 Å². The van der Waals surface area contributed by atoms with E-state index in [2.05, 4.69) is 26.5 Å². The molecule has 0 saturated carbocycles. The van der Waals surface area contributed by atoms with Gasteiger partial charge < -0.3 is 0 Å². The third-order valence-corrected chi connectivity index (χ3v) is 1.89. The Morgan fingerprint density at radius 1 is 1.55 bits per heavy atom. The molecule has 0 unspecified atom stereocenters. The van der Waals surface area contributed by atoms with E-state index in [9.17, 15) is 0 Å². The van der Waals surface area contributed by atoms with Crippen LogP contribution in [0.3, 0.4) is 0 Å². The van der Waals surface area contributed by atoms with Crippen LogP contribution in [0.25, 0.3) is 0 Å². The van der Waals surface area contributed by atoms with Gasteiger partial charge in [0.05, 0.1) is 0 Å². The summed E-state index contributed by atoms with van der Waals surface area (Å²) in [6, 6.07) is 0. The molecule has 0 spiro atoms. The fourth-order valence-electron chi connectivity index (χ4n) is 0.776. The molecule has 0 N–H and O–H groups in total. The Hall–Kier alpha value is 0.574. The molecule has 0 heterocycles. The fraction of sp³-hybridized carbons (Fsp3) is 0.429. The van der Waals surface area contributed by atoms with Crippen molar-refractivity contribution >= 4 is 24.8 Å². The second kappa shape index (κ2) is 7.24. The Bertz CT molecular complexity index is 166. The average molecular weight is 230 g/mol. The number of hydrogen-bond donors (Lipinski definition) is 0. The van der Waals surface area contributed by atoms with E-state index in [1.54, 1.807) is 0 Å². The second-order valence-corrected chi connectivity index (χ2v) is 2.82. The summed E-state index contributed by atoms with van der Waals surface area (Å²) in [5, 5.41) is 0. The molecule has 1 rings (SSSR count). The van der Waals surface area contributed by atoms with Gasteiger partial charge in [-0.1, -0.05) is 0 Å². The number of halogens is 2. The van der Waals surface area contributed by atoms with Crippen LogP contribution in [-0.4, -0.2) is 6.61 Å². The van der Waals surface area contributed by atoms with Crippen LogP contribution in [0.15, 0.2) is 21.8 Å². The van der Waals surface area contributed by atoms with Crippen LogP contribution in [-0.2, 0) is 25.2 Å². The van der Waals surface area contributed by atoms with E-state index in [-0.39, 0.29) is 24.8 Å². The van der Waals surface area contributed by atoms with Crippen molar-refractivity contribution in [3.8, 4) is 0 Å². The Morgan fingerprint density at radius 2 is 2.18 bits per heavy atom. The number of rotatable bonds is 2. The van der Waals surface area contributed by atoms with Gasteiger partial charge in [-0.05, 0) is 0 Å². The van der Waals surface area contributed by atoms with E-state index in [1.165, 1.54) is 3.88 Å². The standard InChI is InChI=1S/C7H9O.2ClH.Ti/c1-2-8-7-5-3-4-6-7;;;/h3,5H,2,4H2,1H3;2*1H;. The number of hydrogen-bond acceptors (Lipinski definition) is 1. The zero-order chi connectivity index (χ0) is 6.69. The van der Waals surface area contributed by atoms with Crippen LogP contribution in [0.5, 0.6) is 0 Å². The van der Waals surface area contributed by atoms with Crippen molar-refractivity contribution in [3.05, 3.63) is 21.8 Å². The minimum absolute atomic E-state index is 0. The van der Waals surface area contributed by atoms with Gasteiger partial charge in [0.1, 0.15) is 0 Å². The molecular weight excluding hydrogens is 219 g/mol. The monoisotopic (exact) mass is 229 g/mol. The van der Waals surface area contributed by atoms with Crippen LogP contribution >= 0.6 is 24.8 Å². The predicted molar refractivity (Wildman–Crippen MR) is 46.9 cm³/mol. The van der Waals surface area contributed by atoms with Crippen molar-refractivity contribution in [2.24, 2.45) is 0 Å². The molecule has 0 atom stereocenters. The predicted octanol–water partition coefficient (Wildman–Crippen LogP) is 2.58. The molecule has 11 heavy (non-hydrogen) atoms. The number of allylic oxidation sites excluding steroid dienone is 3. The molecule has 0 saturated heterocycles. The Labute approximate surface area is 91.5 Å². The van der Waals surface area contributed by atoms with Gasteiger partial charge in [-0.2, -0.15) is 0 Å².